The van der Waals surface area contributed by atoms with Crippen molar-refractivity contribution in [2.75, 3.05) is 7.11 Å². The molecular weight excluding hydrogens is 226 g/mol. The summed E-state index contributed by atoms with van der Waals surface area (Å²) in [7, 11) is 1.56. The van der Waals surface area contributed by atoms with Crippen molar-refractivity contribution in [3.8, 4) is 5.75 Å². The van der Waals surface area contributed by atoms with Crippen LogP contribution < -0.4 is 4.74 Å². The number of ether oxygens (including phenoxy) is 1. The number of carbonyl (C=O) groups is 2. The van der Waals surface area contributed by atoms with Gasteiger partial charge in [-0.15, -0.1) is 0 Å². The largest absolute Gasteiger partial charge is 0.496 e. The molecule has 0 N–H and O–H groups in total. The zero-order chi connectivity index (χ0) is 11.5. The van der Waals surface area contributed by atoms with Gasteiger partial charge in [-0.1, -0.05) is 12.1 Å². The van der Waals surface area contributed by atoms with Crippen LogP contribution in [0.1, 0.15) is 12.8 Å². The molecule has 0 aromatic heterocycles. The van der Waals surface area contributed by atoms with E-state index in [1.807, 2.05) is 18.2 Å². The predicted octanol–water partition coefficient (Wildman–Crippen LogP) is 1.85. The van der Waals surface area contributed by atoms with E-state index in [0.29, 0.717) is 18.6 Å². The van der Waals surface area contributed by atoms with Gasteiger partial charge in [0.05, 0.1) is 12.0 Å². The predicted molar refractivity (Wildman–Crippen MR) is 59.9 cm³/mol. The Labute approximate surface area is 97.7 Å². The highest BCUT2D eigenvalue weighted by atomic mass is 32.2. The second kappa shape index (κ2) is 4.57. The van der Waals surface area contributed by atoms with Crippen molar-refractivity contribution in [1.82, 2.24) is 4.31 Å². The molecule has 1 saturated heterocycles. The van der Waals surface area contributed by atoms with E-state index < -0.39 is 0 Å². The van der Waals surface area contributed by atoms with Crippen LogP contribution in [-0.2, 0) is 9.59 Å². The number of nitrogens with zero attached hydrogens (tertiary/aromatic N) is 1. The Bertz CT molecular complexity index is 417. The average Bonchev–Trinajstić information content (AvgIpc) is 2.61. The Morgan fingerprint density at radius 3 is 2.44 bits per heavy atom. The van der Waals surface area contributed by atoms with E-state index in [9.17, 15) is 9.59 Å². The number of amides is 2. The summed E-state index contributed by atoms with van der Waals surface area (Å²) in [5.41, 5.74) is 0. The third-order valence-electron chi connectivity index (χ3n) is 2.26. The maximum Gasteiger partial charge on any atom is 0.240 e. The van der Waals surface area contributed by atoms with E-state index in [2.05, 4.69) is 0 Å². The lowest BCUT2D eigenvalue weighted by Crippen LogP contribution is -2.21. The van der Waals surface area contributed by atoms with E-state index in [1.54, 1.807) is 13.2 Å². The maximum atomic E-state index is 11.4. The number of rotatable bonds is 3. The number of imide groups is 1. The molecule has 4 nitrogen and oxygen atoms in total. The molecule has 0 radical (unpaired) electrons. The summed E-state index contributed by atoms with van der Waals surface area (Å²) >= 11 is 1.13. The molecule has 1 aliphatic rings. The molecule has 84 valence electrons. The van der Waals surface area contributed by atoms with Gasteiger partial charge in [-0.2, -0.15) is 0 Å². The minimum Gasteiger partial charge on any atom is -0.496 e. The molecule has 1 aromatic carbocycles. The number of benzene rings is 1. The number of para-hydroxylation sites is 1. The topological polar surface area (TPSA) is 46.6 Å². The van der Waals surface area contributed by atoms with Gasteiger partial charge in [0.1, 0.15) is 5.75 Å². The summed E-state index contributed by atoms with van der Waals surface area (Å²) in [4.78, 5) is 23.6. The van der Waals surface area contributed by atoms with Crippen molar-refractivity contribution < 1.29 is 14.3 Å². The van der Waals surface area contributed by atoms with Crippen LogP contribution in [0.4, 0.5) is 0 Å². The molecule has 0 aliphatic carbocycles. The van der Waals surface area contributed by atoms with Gasteiger partial charge in [-0.3, -0.25) is 9.59 Å². The Kier molecular flexibility index (Phi) is 3.14. The smallest absolute Gasteiger partial charge is 0.240 e. The number of carbonyl (C=O) groups excluding carboxylic acids is 2. The second-order valence-electron chi connectivity index (χ2n) is 3.32. The normalized spacial score (nSPS) is 15.7. The van der Waals surface area contributed by atoms with Gasteiger partial charge in [0.2, 0.25) is 11.8 Å². The number of hydrogen-bond acceptors (Lipinski definition) is 4. The van der Waals surface area contributed by atoms with Crippen LogP contribution in [0.3, 0.4) is 0 Å². The third kappa shape index (κ3) is 2.04. The van der Waals surface area contributed by atoms with Crippen LogP contribution in [-0.4, -0.2) is 23.2 Å². The fourth-order valence-corrected chi connectivity index (χ4v) is 2.41. The van der Waals surface area contributed by atoms with Gasteiger partial charge in [-0.05, 0) is 12.1 Å². The summed E-state index contributed by atoms with van der Waals surface area (Å²) in [6.45, 7) is 0. The number of hydrogen-bond donors (Lipinski definition) is 0. The highest BCUT2D eigenvalue weighted by Gasteiger charge is 2.30. The molecule has 0 saturated carbocycles. The Balaban J connectivity index is 2.20. The zero-order valence-electron chi connectivity index (χ0n) is 8.80. The van der Waals surface area contributed by atoms with E-state index >= 15 is 0 Å². The summed E-state index contributed by atoms with van der Waals surface area (Å²) in [5, 5.41) is 0. The number of methoxy groups -OCH3 is 1. The van der Waals surface area contributed by atoms with Gasteiger partial charge < -0.3 is 4.74 Å². The molecule has 2 rings (SSSR count). The lowest BCUT2D eigenvalue weighted by molar-refractivity contribution is -0.131. The first-order chi connectivity index (χ1) is 7.72. The summed E-state index contributed by atoms with van der Waals surface area (Å²) < 4.78 is 6.36. The maximum absolute atomic E-state index is 11.4. The van der Waals surface area contributed by atoms with Crippen molar-refractivity contribution >= 4 is 23.8 Å². The summed E-state index contributed by atoms with van der Waals surface area (Å²) in [6.07, 6.45) is 0.613. The van der Waals surface area contributed by atoms with E-state index in [0.717, 1.165) is 16.8 Å². The first-order valence-electron chi connectivity index (χ1n) is 4.89. The van der Waals surface area contributed by atoms with Gasteiger partial charge in [0.25, 0.3) is 0 Å². The van der Waals surface area contributed by atoms with Crippen LogP contribution in [0.25, 0.3) is 0 Å². The van der Waals surface area contributed by atoms with Crippen LogP contribution in [0, 0.1) is 0 Å². The SMILES string of the molecule is COc1ccccc1SN1C(=O)CCC1=O. The van der Waals surface area contributed by atoms with E-state index in [4.69, 9.17) is 4.74 Å². The standard InChI is InChI=1S/C11H11NO3S/c1-15-8-4-2-3-5-9(8)16-12-10(13)6-7-11(12)14/h2-5H,6-7H2,1H3. The molecule has 2 amide bonds. The monoisotopic (exact) mass is 237 g/mol. The Morgan fingerprint density at radius 2 is 1.81 bits per heavy atom. The molecule has 0 unspecified atom stereocenters. The van der Waals surface area contributed by atoms with E-state index in [1.165, 1.54) is 4.31 Å². The van der Waals surface area contributed by atoms with Crippen LogP contribution in [0.2, 0.25) is 0 Å². The molecule has 0 bridgehead atoms. The Morgan fingerprint density at radius 1 is 1.19 bits per heavy atom. The molecule has 1 heterocycles. The third-order valence-corrected chi connectivity index (χ3v) is 3.39. The average molecular weight is 237 g/mol. The van der Waals surface area contributed by atoms with Crippen molar-refractivity contribution in [3.05, 3.63) is 24.3 Å². The fraction of sp³-hybridized carbons (Fsp3) is 0.273. The van der Waals surface area contributed by atoms with Gasteiger partial charge in [-0.25, -0.2) is 4.31 Å². The Hall–Kier alpha value is -1.49. The van der Waals surface area contributed by atoms with Crippen molar-refractivity contribution in [2.45, 2.75) is 17.7 Å². The van der Waals surface area contributed by atoms with Crippen molar-refractivity contribution in [3.63, 3.8) is 0 Å². The fourth-order valence-electron chi connectivity index (χ4n) is 1.45. The summed E-state index contributed by atoms with van der Waals surface area (Å²) in [6, 6.07) is 7.31. The molecule has 1 aromatic rings. The minimum absolute atomic E-state index is 0.138. The first kappa shape index (κ1) is 11.0. The molecule has 0 spiro atoms. The van der Waals surface area contributed by atoms with Crippen molar-refractivity contribution in [1.29, 1.82) is 0 Å². The molecule has 16 heavy (non-hydrogen) atoms. The second-order valence-corrected chi connectivity index (χ2v) is 4.31. The van der Waals surface area contributed by atoms with Crippen LogP contribution >= 0.6 is 11.9 Å². The molecule has 5 heteroatoms. The van der Waals surface area contributed by atoms with Crippen molar-refractivity contribution in [2.24, 2.45) is 0 Å². The van der Waals surface area contributed by atoms with Crippen LogP contribution in [0.5, 0.6) is 5.75 Å². The lowest BCUT2D eigenvalue weighted by Gasteiger charge is -2.13. The lowest BCUT2D eigenvalue weighted by atomic mass is 10.3. The summed E-state index contributed by atoms with van der Waals surface area (Å²) in [5.74, 6) is 0.391. The molecular formula is C11H11NO3S. The minimum atomic E-state index is -0.138. The molecule has 1 fully saturated rings. The van der Waals surface area contributed by atoms with Gasteiger partial charge in [0.15, 0.2) is 0 Å². The highest BCUT2D eigenvalue weighted by molar-refractivity contribution is 7.98. The zero-order valence-corrected chi connectivity index (χ0v) is 9.62. The molecule has 0 atom stereocenters. The van der Waals surface area contributed by atoms with E-state index in [-0.39, 0.29) is 11.8 Å². The quantitative estimate of drug-likeness (QED) is 0.594. The first-order valence-corrected chi connectivity index (χ1v) is 5.66. The van der Waals surface area contributed by atoms with Gasteiger partial charge >= 0.3 is 0 Å². The van der Waals surface area contributed by atoms with Crippen LogP contribution in [0.15, 0.2) is 29.2 Å². The highest BCUT2D eigenvalue weighted by Crippen LogP contribution is 2.34. The van der Waals surface area contributed by atoms with Gasteiger partial charge in [0, 0.05) is 24.8 Å². The molecule has 1 aliphatic heterocycles.